The van der Waals surface area contributed by atoms with Crippen molar-refractivity contribution in [3.8, 4) is 0 Å². The minimum Gasteiger partial charge on any atom is -0.210 e. The van der Waals surface area contributed by atoms with Crippen molar-refractivity contribution in [2.75, 3.05) is 6.54 Å². The summed E-state index contributed by atoms with van der Waals surface area (Å²) >= 11 is 30.0. The Labute approximate surface area is 200 Å². The Hall–Kier alpha value is -0.980. The highest BCUT2D eigenvalue weighted by Crippen LogP contribution is 2.35. The van der Waals surface area contributed by atoms with E-state index < -0.39 is 10.0 Å². The highest BCUT2D eigenvalue weighted by atomic mass is 35.5. The number of halogens is 5. The van der Waals surface area contributed by atoms with E-state index in [1.165, 1.54) is 12.1 Å². The Bertz CT molecular complexity index is 1130. The number of hydrogen-bond acceptors (Lipinski definition) is 2. The van der Waals surface area contributed by atoms with Gasteiger partial charge in [-0.2, -0.15) is 0 Å². The molecule has 0 amide bonds. The summed E-state index contributed by atoms with van der Waals surface area (Å²) in [6.07, 6.45) is 0.594. The van der Waals surface area contributed by atoms with Crippen LogP contribution in [0.2, 0.25) is 25.1 Å². The average molecular weight is 524 g/mol. The van der Waals surface area contributed by atoms with Gasteiger partial charge in [0.25, 0.3) is 0 Å². The van der Waals surface area contributed by atoms with E-state index in [1.54, 1.807) is 24.3 Å². The largest absolute Gasteiger partial charge is 0.242 e. The molecule has 0 saturated carbocycles. The van der Waals surface area contributed by atoms with Crippen LogP contribution in [0.15, 0.2) is 65.6 Å². The second-order valence-electron chi connectivity index (χ2n) is 6.60. The first-order valence-electron chi connectivity index (χ1n) is 8.80. The van der Waals surface area contributed by atoms with Gasteiger partial charge in [0.2, 0.25) is 10.0 Å². The molecule has 0 spiro atoms. The molecule has 158 valence electrons. The Balaban J connectivity index is 1.86. The summed E-state index contributed by atoms with van der Waals surface area (Å²) in [5.74, 6) is -0.153. The zero-order valence-electron chi connectivity index (χ0n) is 15.4. The normalized spacial score (nSPS) is 12.7. The molecule has 0 heterocycles. The Kier molecular flexibility index (Phi) is 7.97. The summed E-state index contributed by atoms with van der Waals surface area (Å²) in [7, 11) is -3.91. The van der Waals surface area contributed by atoms with E-state index in [0.717, 1.165) is 11.1 Å². The molecule has 1 unspecified atom stereocenters. The highest BCUT2D eigenvalue weighted by molar-refractivity contribution is 7.89. The maximum Gasteiger partial charge on any atom is 0.242 e. The van der Waals surface area contributed by atoms with Gasteiger partial charge < -0.3 is 0 Å². The lowest BCUT2D eigenvalue weighted by Crippen LogP contribution is -2.29. The highest BCUT2D eigenvalue weighted by Gasteiger charge is 2.23. The van der Waals surface area contributed by atoms with Crippen molar-refractivity contribution in [3.63, 3.8) is 0 Å². The summed E-state index contributed by atoms with van der Waals surface area (Å²) in [6.45, 7) is 0.142. The van der Waals surface area contributed by atoms with Gasteiger partial charge in [0.1, 0.15) is 4.90 Å². The average Bonchev–Trinajstić information content (AvgIpc) is 2.71. The fourth-order valence-corrected chi connectivity index (χ4v) is 5.26. The Morgan fingerprint density at radius 2 is 1.30 bits per heavy atom. The van der Waals surface area contributed by atoms with E-state index in [9.17, 15) is 8.42 Å². The molecule has 0 bridgehead atoms. The van der Waals surface area contributed by atoms with Crippen molar-refractivity contribution in [1.29, 1.82) is 0 Å². The molecule has 0 aliphatic carbocycles. The number of rotatable bonds is 7. The molecule has 3 aromatic carbocycles. The van der Waals surface area contributed by atoms with Gasteiger partial charge in [-0.25, -0.2) is 13.1 Å². The molecule has 0 fully saturated rings. The first-order chi connectivity index (χ1) is 14.2. The molecule has 30 heavy (non-hydrogen) atoms. The van der Waals surface area contributed by atoms with Crippen LogP contribution in [0.4, 0.5) is 0 Å². The minimum atomic E-state index is -3.91. The van der Waals surface area contributed by atoms with E-state index in [1.807, 2.05) is 24.3 Å². The molecule has 1 atom stereocenters. The predicted octanol–water partition coefficient (Wildman–Crippen LogP) is 7.26. The molecule has 0 aliphatic heterocycles. The molecule has 0 saturated heterocycles. The van der Waals surface area contributed by atoms with Crippen LogP contribution in [0.5, 0.6) is 0 Å². The van der Waals surface area contributed by atoms with Crippen molar-refractivity contribution in [1.82, 2.24) is 4.72 Å². The molecular weight excluding hydrogens is 508 g/mol. The zero-order valence-corrected chi connectivity index (χ0v) is 20.0. The van der Waals surface area contributed by atoms with Gasteiger partial charge in [-0.05, 0) is 53.9 Å². The first-order valence-corrected chi connectivity index (χ1v) is 12.2. The standard InChI is InChI=1S/C21H16Cl5NO2S/c22-16-5-1-13(2-6-16)11-15(14-3-7-17(23)8-4-14)12-27-30(28,29)19-10-9-18(24)20(25)21(19)26/h1-10,15,27H,11-12H2. The maximum atomic E-state index is 12.9. The van der Waals surface area contributed by atoms with E-state index in [0.29, 0.717) is 16.5 Å². The van der Waals surface area contributed by atoms with Crippen LogP contribution < -0.4 is 4.72 Å². The van der Waals surface area contributed by atoms with Crippen molar-refractivity contribution < 1.29 is 8.42 Å². The monoisotopic (exact) mass is 521 g/mol. The maximum absolute atomic E-state index is 12.9. The number of sulfonamides is 1. The second-order valence-corrected chi connectivity index (χ2v) is 10.4. The zero-order chi connectivity index (χ0) is 21.9. The first kappa shape index (κ1) is 23.7. The lowest BCUT2D eigenvalue weighted by molar-refractivity contribution is 0.568. The van der Waals surface area contributed by atoms with Crippen LogP contribution >= 0.6 is 58.0 Å². The quantitative estimate of drug-likeness (QED) is 0.331. The Morgan fingerprint density at radius 1 is 0.733 bits per heavy atom. The van der Waals surface area contributed by atoms with Crippen LogP contribution in [-0.4, -0.2) is 15.0 Å². The lowest BCUT2D eigenvalue weighted by Gasteiger charge is -2.19. The topological polar surface area (TPSA) is 46.2 Å². The van der Waals surface area contributed by atoms with E-state index in [-0.39, 0.29) is 32.4 Å². The van der Waals surface area contributed by atoms with Crippen LogP contribution in [0.1, 0.15) is 17.0 Å². The Morgan fingerprint density at radius 3 is 1.90 bits per heavy atom. The molecule has 0 aliphatic rings. The third-order valence-electron chi connectivity index (χ3n) is 4.55. The van der Waals surface area contributed by atoms with E-state index >= 15 is 0 Å². The third kappa shape index (κ3) is 5.83. The molecule has 3 rings (SSSR count). The summed E-state index contributed by atoms with van der Waals surface area (Å²) in [5, 5.41) is 1.31. The smallest absolute Gasteiger partial charge is 0.210 e. The van der Waals surface area contributed by atoms with Gasteiger partial charge in [0.05, 0.1) is 15.1 Å². The fraction of sp³-hybridized carbons (Fsp3) is 0.143. The SMILES string of the molecule is O=S(=O)(NCC(Cc1ccc(Cl)cc1)c1ccc(Cl)cc1)c1ccc(Cl)c(Cl)c1Cl. The molecular formula is C21H16Cl5NO2S. The van der Waals surface area contributed by atoms with Gasteiger partial charge in [0, 0.05) is 22.5 Å². The second kappa shape index (κ2) is 10.1. The minimum absolute atomic E-state index is 0.00313. The van der Waals surface area contributed by atoms with Crippen molar-refractivity contribution in [2.45, 2.75) is 17.2 Å². The molecule has 3 nitrogen and oxygen atoms in total. The molecule has 9 heteroatoms. The van der Waals surface area contributed by atoms with Crippen molar-refractivity contribution in [3.05, 3.63) is 96.9 Å². The lowest BCUT2D eigenvalue weighted by atomic mass is 9.92. The fourth-order valence-electron chi connectivity index (χ4n) is 2.95. The van der Waals surface area contributed by atoms with E-state index in [4.69, 9.17) is 58.0 Å². The summed E-state index contributed by atoms with van der Waals surface area (Å²) < 4.78 is 28.4. The summed E-state index contributed by atoms with van der Waals surface area (Å²) in [4.78, 5) is -0.125. The van der Waals surface area contributed by atoms with Gasteiger partial charge in [-0.1, -0.05) is 82.3 Å². The van der Waals surface area contributed by atoms with Crippen molar-refractivity contribution >= 4 is 68.0 Å². The summed E-state index contributed by atoms with van der Waals surface area (Å²) in [6, 6.07) is 17.5. The third-order valence-corrected chi connectivity index (χ3v) is 7.92. The molecule has 0 aromatic heterocycles. The predicted molar refractivity (Wildman–Crippen MR) is 126 cm³/mol. The van der Waals surface area contributed by atoms with Crippen molar-refractivity contribution in [2.24, 2.45) is 0 Å². The molecule has 0 radical (unpaired) electrons. The number of hydrogen-bond donors (Lipinski definition) is 1. The van der Waals surface area contributed by atoms with Crippen LogP contribution in [0.3, 0.4) is 0 Å². The molecule has 1 N–H and O–H groups in total. The van der Waals surface area contributed by atoms with E-state index in [2.05, 4.69) is 4.72 Å². The molecule has 3 aromatic rings. The summed E-state index contributed by atoms with van der Waals surface area (Å²) in [5.41, 5.74) is 1.96. The number of benzene rings is 3. The van der Waals surface area contributed by atoms with Gasteiger partial charge >= 0.3 is 0 Å². The van der Waals surface area contributed by atoms with Gasteiger partial charge in [-0.3, -0.25) is 0 Å². The van der Waals surface area contributed by atoms with Gasteiger partial charge in [-0.15, -0.1) is 0 Å². The van der Waals surface area contributed by atoms with Crippen LogP contribution in [0, 0.1) is 0 Å². The van der Waals surface area contributed by atoms with Gasteiger partial charge in [0.15, 0.2) is 0 Å². The van der Waals surface area contributed by atoms with Crippen LogP contribution in [0.25, 0.3) is 0 Å². The number of nitrogens with one attached hydrogen (secondary N) is 1. The van der Waals surface area contributed by atoms with Crippen LogP contribution in [-0.2, 0) is 16.4 Å².